The standard InChI is InChI=1S/C22H24N2OS/c1-16-6-8-17(9-7-16)10-11-21(25)24-14-12-18(13-15-24)22-23-19-4-2-3-5-20(19)26-22/h2-9,18H,10-15H2,1H3. The van der Waals surface area contributed by atoms with E-state index in [-0.39, 0.29) is 5.91 Å². The number of hydrogen-bond acceptors (Lipinski definition) is 3. The van der Waals surface area contributed by atoms with Crippen LogP contribution in [0.3, 0.4) is 0 Å². The second-order valence-electron chi connectivity index (χ2n) is 7.16. The normalized spacial score (nSPS) is 15.5. The number of fused-ring (bicyclic) bond motifs is 1. The van der Waals surface area contributed by atoms with Gasteiger partial charge in [-0.2, -0.15) is 0 Å². The second-order valence-corrected chi connectivity index (χ2v) is 8.22. The number of rotatable bonds is 4. The van der Waals surface area contributed by atoms with E-state index >= 15 is 0 Å². The van der Waals surface area contributed by atoms with Crippen molar-refractivity contribution in [3.05, 3.63) is 64.7 Å². The van der Waals surface area contributed by atoms with E-state index in [1.54, 1.807) is 0 Å². The van der Waals surface area contributed by atoms with Crippen LogP contribution in [0.15, 0.2) is 48.5 Å². The lowest BCUT2D eigenvalue weighted by Gasteiger charge is -2.31. The number of likely N-dealkylation sites (tertiary alicyclic amines) is 1. The first-order valence-electron chi connectivity index (χ1n) is 9.38. The fourth-order valence-electron chi connectivity index (χ4n) is 3.60. The summed E-state index contributed by atoms with van der Waals surface area (Å²) < 4.78 is 1.26. The second kappa shape index (κ2) is 7.58. The lowest BCUT2D eigenvalue weighted by molar-refractivity contribution is -0.132. The summed E-state index contributed by atoms with van der Waals surface area (Å²) in [7, 11) is 0. The Bertz CT molecular complexity index is 859. The van der Waals surface area contributed by atoms with Crippen LogP contribution in [0.1, 0.15) is 41.3 Å². The zero-order valence-electron chi connectivity index (χ0n) is 15.1. The van der Waals surface area contributed by atoms with E-state index in [9.17, 15) is 4.79 Å². The predicted octanol–water partition coefficient (Wildman–Crippen LogP) is 4.94. The van der Waals surface area contributed by atoms with Crippen LogP contribution in [0.25, 0.3) is 10.2 Å². The molecule has 3 nitrogen and oxygen atoms in total. The number of aromatic nitrogens is 1. The number of thiazole rings is 1. The third-order valence-electron chi connectivity index (χ3n) is 5.26. The average Bonchev–Trinajstić information content (AvgIpc) is 3.12. The summed E-state index contributed by atoms with van der Waals surface area (Å²) in [4.78, 5) is 19.4. The van der Waals surface area contributed by atoms with Gasteiger partial charge in [-0.15, -0.1) is 11.3 Å². The topological polar surface area (TPSA) is 33.2 Å². The lowest BCUT2D eigenvalue weighted by Crippen LogP contribution is -2.38. The van der Waals surface area contributed by atoms with Crippen LogP contribution in [-0.4, -0.2) is 28.9 Å². The van der Waals surface area contributed by atoms with E-state index in [1.807, 2.05) is 22.3 Å². The quantitative estimate of drug-likeness (QED) is 0.657. The minimum atomic E-state index is 0.285. The maximum atomic E-state index is 12.5. The van der Waals surface area contributed by atoms with Crippen molar-refractivity contribution in [2.24, 2.45) is 0 Å². The summed E-state index contributed by atoms with van der Waals surface area (Å²) >= 11 is 1.81. The molecule has 4 heteroatoms. The van der Waals surface area contributed by atoms with Gasteiger partial charge in [0, 0.05) is 25.4 Å². The fourth-order valence-corrected chi connectivity index (χ4v) is 4.74. The number of nitrogens with zero attached hydrogens (tertiary/aromatic N) is 2. The Morgan fingerprint density at radius 2 is 1.85 bits per heavy atom. The number of piperidine rings is 1. The van der Waals surface area contributed by atoms with Crippen molar-refractivity contribution >= 4 is 27.5 Å². The van der Waals surface area contributed by atoms with Gasteiger partial charge in [-0.25, -0.2) is 4.98 Å². The number of hydrogen-bond donors (Lipinski definition) is 0. The van der Waals surface area contributed by atoms with Crippen LogP contribution in [0.5, 0.6) is 0 Å². The van der Waals surface area contributed by atoms with Crippen LogP contribution < -0.4 is 0 Å². The molecule has 0 unspecified atom stereocenters. The van der Waals surface area contributed by atoms with E-state index in [2.05, 4.69) is 49.4 Å². The highest BCUT2D eigenvalue weighted by molar-refractivity contribution is 7.18. The average molecular weight is 365 g/mol. The van der Waals surface area contributed by atoms with E-state index < -0.39 is 0 Å². The van der Waals surface area contributed by atoms with Gasteiger partial charge in [0.25, 0.3) is 0 Å². The molecular weight excluding hydrogens is 340 g/mol. The number of carbonyl (C=O) groups excluding carboxylic acids is 1. The van der Waals surface area contributed by atoms with Crippen LogP contribution in [0.2, 0.25) is 0 Å². The van der Waals surface area contributed by atoms with E-state index in [1.165, 1.54) is 20.8 Å². The van der Waals surface area contributed by atoms with Crippen molar-refractivity contribution in [1.82, 2.24) is 9.88 Å². The van der Waals surface area contributed by atoms with E-state index in [4.69, 9.17) is 4.98 Å². The molecule has 0 spiro atoms. The van der Waals surface area contributed by atoms with Crippen LogP contribution >= 0.6 is 11.3 Å². The molecule has 0 radical (unpaired) electrons. The molecule has 2 heterocycles. The summed E-state index contributed by atoms with van der Waals surface area (Å²) in [5, 5.41) is 1.23. The summed E-state index contributed by atoms with van der Waals surface area (Å²) in [6.07, 6.45) is 3.48. The SMILES string of the molecule is Cc1ccc(CCC(=O)N2CCC(c3nc4ccccc4s3)CC2)cc1. The van der Waals surface area contributed by atoms with Gasteiger partial charge in [0.05, 0.1) is 15.2 Å². The van der Waals surface area contributed by atoms with Gasteiger partial charge >= 0.3 is 0 Å². The Kier molecular flexibility index (Phi) is 5.02. The first kappa shape index (κ1) is 17.2. The zero-order chi connectivity index (χ0) is 17.9. The van der Waals surface area contributed by atoms with E-state index in [0.717, 1.165) is 37.9 Å². The first-order valence-corrected chi connectivity index (χ1v) is 10.2. The first-order chi connectivity index (χ1) is 12.7. The highest BCUT2D eigenvalue weighted by Gasteiger charge is 2.25. The summed E-state index contributed by atoms with van der Waals surface area (Å²) in [5.74, 6) is 0.780. The summed E-state index contributed by atoms with van der Waals surface area (Å²) in [5.41, 5.74) is 3.61. The van der Waals surface area contributed by atoms with Crippen molar-refractivity contribution in [1.29, 1.82) is 0 Å². The molecule has 134 valence electrons. The molecule has 26 heavy (non-hydrogen) atoms. The van der Waals surface area contributed by atoms with Crippen molar-refractivity contribution in [3.8, 4) is 0 Å². The molecule has 3 aromatic rings. The molecule has 1 saturated heterocycles. The van der Waals surface area contributed by atoms with Gasteiger partial charge in [0.15, 0.2) is 0 Å². The van der Waals surface area contributed by atoms with Crippen LogP contribution in [-0.2, 0) is 11.2 Å². The molecule has 2 aromatic carbocycles. The van der Waals surface area contributed by atoms with Crippen molar-refractivity contribution < 1.29 is 4.79 Å². The van der Waals surface area contributed by atoms with E-state index in [0.29, 0.717) is 12.3 Å². The number of carbonyl (C=O) groups is 1. The van der Waals surface area contributed by atoms with Gasteiger partial charge in [-0.05, 0) is 43.9 Å². The molecule has 1 aromatic heterocycles. The minimum Gasteiger partial charge on any atom is -0.343 e. The number of amides is 1. The van der Waals surface area contributed by atoms with Gasteiger partial charge < -0.3 is 4.90 Å². The Morgan fingerprint density at radius 1 is 1.12 bits per heavy atom. The number of aryl methyl sites for hydroxylation is 2. The zero-order valence-corrected chi connectivity index (χ0v) is 16.0. The third-order valence-corrected chi connectivity index (χ3v) is 6.45. The summed E-state index contributed by atoms with van der Waals surface area (Å²) in [6.45, 7) is 3.80. The molecule has 0 saturated carbocycles. The molecule has 1 aliphatic heterocycles. The molecule has 4 rings (SSSR count). The number of para-hydroxylation sites is 1. The molecular formula is C22H24N2OS. The van der Waals surface area contributed by atoms with Gasteiger partial charge in [-0.3, -0.25) is 4.79 Å². The van der Waals surface area contributed by atoms with Gasteiger partial charge in [0.1, 0.15) is 0 Å². The molecule has 1 fully saturated rings. The highest BCUT2D eigenvalue weighted by atomic mass is 32.1. The minimum absolute atomic E-state index is 0.285. The Labute approximate surface area is 158 Å². The maximum absolute atomic E-state index is 12.5. The monoisotopic (exact) mass is 364 g/mol. The Morgan fingerprint density at radius 3 is 2.58 bits per heavy atom. The largest absolute Gasteiger partial charge is 0.343 e. The molecule has 0 bridgehead atoms. The maximum Gasteiger partial charge on any atom is 0.222 e. The molecule has 0 aliphatic carbocycles. The van der Waals surface area contributed by atoms with Crippen molar-refractivity contribution in [3.63, 3.8) is 0 Å². The molecule has 0 N–H and O–H groups in total. The highest BCUT2D eigenvalue weighted by Crippen LogP contribution is 2.33. The fraction of sp³-hybridized carbons (Fsp3) is 0.364. The molecule has 1 aliphatic rings. The van der Waals surface area contributed by atoms with Crippen LogP contribution in [0, 0.1) is 6.92 Å². The predicted molar refractivity (Wildman–Crippen MR) is 108 cm³/mol. The third kappa shape index (κ3) is 3.80. The molecule has 1 amide bonds. The van der Waals surface area contributed by atoms with Crippen LogP contribution in [0.4, 0.5) is 0 Å². The lowest BCUT2D eigenvalue weighted by atomic mass is 9.97. The number of benzene rings is 2. The summed E-state index contributed by atoms with van der Waals surface area (Å²) in [6, 6.07) is 16.8. The van der Waals surface area contributed by atoms with Crippen molar-refractivity contribution in [2.45, 2.75) is 38.5 Å². The Hall–Kier alpha value is -2.20. The van der Waals surface area contributed by atoms with Crippen molar-refractivity contribution in [2.75, 3.05) is 13.1 Å². The smallest absolute Gasteiger partial charge is 0.222 e. The molecule has 0 atom stereocenters. The van der Waals surface area contributed by atoms with Gasteiger partial charge in [0.2, 0.25) is 5.91 Å². The van der Waals surface area contributed by atoms with Gasteiger partial charge in [-0.1, -0.05) is 42.0 Å². The Balaban J connectivity index is 1.31.